The zero-order chi connectivity index (χ0) is 52.5. The molecular formula is C74H50N6. The van der Waals surface area contributed by atoms with Crippen LogP contribution in [0.3, 0.4) is 0 Å². The molecule has 0 atom stereocenters. The first-order chi connectivity index (χ1) is 39.6. The van der Waals surface area contributed by atoms with E-state index in [1.54, 1.807) is 0 Å². The van der Waals surface area contributed by atoms with Gasteiger partial charge in [-0.2, -0.15) is 0 Å². The second-order valence-electron chi connectivity index (χ2n) is 22.6. The van der Waals surface area contributed by atoms with Crippen LogP contribution in [-0.4, -0.2) is 29.9 Å². The van der Waals surface area contributed by atoms with Gasteiger partial charge in [0.25, 0.3) is 0 Å². The minimum Gasteiger partial charge on any atom is -0.208 e. The van der Waals surface area contributed by atoms with E-state index in [1.807, 2.05) is 0 Å². The van der Waals surface area contributed by atoms with Crippen LogP contribution < -0.4 is 0 Å². The Balaban J connectivity index is 0.663. The molecule has 18 rings (SSSR count). The van der Waals surface area contributed by atoms with Gasteiger partial charge in [-0.1, -0.05) is 243 Å². The van der Waals surface area contributed by atoms with Gasteiger partial charge in [-0.15, -0.1) is 0 Å². The number of benzene rings is 10. The predicted octanol–water partition coefficient (Wildman–Crippen LogP) is 16.7. The zero-order valence-corrected chi connectivity index (χ0v) is 43.6. The largest absolute Gasteiger partial charge is 0.208 e. The molecule has 6 aliphatic rings. The Labute approximate surface area is 464 Å². The summed E-state index contributed by atoms with van der Waals surface area (Å²) < 4.78 is 0. The summed E-state index contributed by atoms with van der Waals surface area (Å²) in [7, 11) is 0. The van der Waals surface area contributed by atoms with Crippen molar-refractivity contribution >= 4 is 0 Å². The molecule has 80 heavy (non-hydrogen) atoms. The molecule has 0 amide bonds. The van der Waals surface area contributed by atoms with Crippen LogP contribution in [0.4, 0.5) is 0 Å². The first kappa shape index (κ1) is 45.3. The van der Waals surface area contributed by atoms with Crippen LogP contribution in [0.25, 0.3) is 113 Å². The van der Waals surface area contributed by atoms with Gasteiger partial charge in [0.15, 0.2) is 34.9 Å². The number of rotatable bonds is 12. The predicted molar refractivity (Wildman–Crippen MR) is 318 cm³/mol. The maximum absolute atomic E-state index is 5.21. The summed E-state index contributed by atoms with van der Waals surface area (Å²) >= 11 is 0. The first-order valence-corrected chi connectivity index (χ1v) is 28.0. The smallest absolute Gasteiger partial charge is 0.164 e. The highest BCUT2D eigenvalue weighted by atomic mass is 15.1. The molecule has 2 aromatic heterocycles. The van der Waals surface area contributed by atoms with Crippen molar-refractivity contribution in [1.29, 1.82) is 0 Å². The lowest BCUT2D eigenvalue weighted by molar-refractivity contribution is -0.596. The summed E-state index contributed by atoms with van der Waals surface area (Å²) in [4.78, 5) is 31.2. The van der Waals surface area contributed by atoms with E-state index in [2.05, 4.69) is 267 Å². The minimum absolute atomic E-state index is 0.318. The van der Waals surface area contributed by atoms with Gasteiger partial charge in [0.2, 0.25) is 0 Å². The van der Waals surface area contributed by atoms with Gasteiger partial charge in [-0.25, -0.2) is 29.9 Å². The van der Waals surface area contributed by atoms with Crippen molar-refractivity contribution in [3.63, 3.8) is 0 Å². The molecule has 0 radical (unpaired) electrons. The number of nitrogens with zero attached hydrogens (tertiary/aromatic N) is 6. The van der Waals surface area contributed by atoms with Gasteiger partial charge in [0.05, 0.1) is 0 Å². The molecule has 0 N–H and O–H groups in total. The molecule has 6 aliphatic carbocycles. The van der Waals surface area contributed by atoms with Crippen LogP contribution in [-0.2, 0) is 10.8 Å². The molecule has 6 nitrogen and oxygen atoms in total. The molecule has 376 valence electrons. The van der Waals surface area contributed by atoms with Crippen LogP contribution in [0.15, 0.2) is 267 Å². The third-order valence-electron chi connectivity index (χ3n) is 19.1. The van der Waals surface area contributed by atoms with Gasteiger partial charge < -0.3 is 0 Å². The van der Waals surface area contributed by atoms with Crippen molar-refractivity contribution in [2.24, 2.45) is 35.5 Å². The van der Waals surface area contributed by atoms with Crippen LogP contribution >= 0.6 is 0 Å². The molecule has 0 bridgehead atoms. The molecule has 6 saturated carbocycles. The monoisotopic (exact) mass is 1020 g/mol. The summed E-state index contributed by atoms with van der Waals surface area (Å²) in [5.74, 6) is 8.53. The molecule has 2 heterocycles. The topological polar surface area (TPSA) is 77.3 Å². The van der Waals surface area contributed by atoms with Crippen LogP contribution in [0, 0.1) is 35.5 Å². The molecular weight excluding hydrogens is 973 g/mol. The lowest BCUT2D eigenvalue weighted by Gasteiger charge is -3.12. The normalized spacial score (nSPS) is 22.9. The maximum atomic E-state index is 5.21. The fourth-order valence-electron chi connectivity index (χ4n) is 15.9. The van der Waals surface area contributed by atoms with E-state index in [-0.39, 0.29) is 0 Å². The van der Waals surface area contributed by atoms with Crippen LogP contribution in [0.1, 0.15) is 11.1 Å². The summed E-state index contributed by atoms with van der Waals surface area (Å²) in [5, 5.41) is 0. The van der Waals surface area contributed by atoms with Gasteiger partial charge in [-0.05, 0) is 115 Å². The molecule has 6 heteroatoms. The molecule has 12 aromatic rings. The molecule has 6 fully saturated rings. The lowest BCUT2D eigenvalue weighted by atomic mass is 8.91. The van der Waals surface area contributed by atoms with Crippen LogP contribution in [0.5, 0.6) is 0 Å². The van der Waals surface area contributed by atoms with E-state index < -0.39 is 0 Å². The van der Waals surface area contributed by atoms with Crippen molar-refractivity contribution in [1.82, 2.24) is 29.9 Å². The lowest BCUT2D eigenvalue weighted by Crippen LogP contribution is -3.12. The second-order valence-corrected chi connectivity index (χ2v) is 22.6. The average molecular weight is 1020 g/mol. The molecule has 10 aromatic carbocycles. The molecule has 0 saturated heterocycles. The number of hydrogen-bond acceptors (Lipinski definition) is 6. The Bertz CT molecular complexity index is 3850. The second kappa shape index (κ2) is 17.4. The highest BCUT2D eigenvalue weighted by Crippen LogP contribution is 3.09. The van der Waals surface area contributed by atoms with Crippen molar-refractivity contribution in [2.75, 3.05) is 0 Å². The van der Waals surface area contributed by atoms with Gasteiger partial charge >= 0.3 is 0 Å². The Morgan fingerprint density at radius 2 is 0.375 bits per heavy atom. The first-order valence-electron chi connectivity index (χ1n) is 28.0. The van der Waals surface area contributed by atoms with Gasteiger partial charge in [-0.3, -0.25) is 0 Å². The third-order valence-corrected chi connectivity index (χ3v) is 19.1. The highest BCUT2D eigenvalue weighted by molar-refractivity contribution is 5.78. The van der Waals surface area contributed by atoms with Crippen molar-refractivity contribution < 1.29 is 0 Å². The number of hydrogen-bond donors (Lipinski definition) is 0. The standard InChI is InChI=1S/C74H50N6/c1-5-17-45(18-6-1)51-25-13-29-55(41-51)69-75-67(76-70(79-69)56-30-14-26-52(42-56)46-19-7-2-8-20-46)49-33-37-59(38-34-49)73-61-64-62(73)66-63(73)65(61)74(64,66)60-39-35-50(36-40-60)68-77-71(57-31-15-27-53(43-57)47-21-9-3-10-22-47)80-72(78-68)58-32-16-28-54(44-58)48-23-11-4-12-24-48/h1-44,61-66H. The van der Waals surface area contributed by atoms with Crippen molar-refractivity contribution in [2.45, 2.75) is 10.8 Å². The minimum atomic E-state index is 0.318. The van der Waals surface area contributed by atoms with Gasteiger partial charge in [0.1, 0.15) is 0 Å². The van der Waals surface area contributed by atoms with E-state index in [9.17, 15) is 0 Å². The summed E-state index contributed by atoms with van der Waals surface area (Å²) in [6.45, 7) is 0. The molecule has 0 spiro atoms. The maximum Gasteiger partial charge on any atom is 0.164 e. The van der Waals surface area contributed by atoms with E-state index in [0.29, 0.717) is 45.8 Å². The van der Waals surface area contributed by atoms with E-state index in [4.69, 9.17) is 29.9 Å². The van der Waals surface area contributed by atoms with E-state index in [1.165, 1.54) is 11.1 Å². The summed E-state index contributed by atoms with van der Waals surface area (Å²) in [6, 6.07) is 94.8. The Morgan fingerprint density at radius 1 is 0.175 bits per heavy atom. The van der Waals surface area contributed by atoms with Crippen molar-refractivity contribution in [3.8, 4) is 113 Å². The van der Waals surface area contributed by atoms with Crippen LogP contribution in [0.2, 0.25) is 0 Å². The van der Waals surface area contributed by atoms with Gasteiger partial charge in [0, 0.05) is 44.2 Å². The molecule has 0 unspecified atom stereocenters. The average Bonchev–Trinajstić information content (AvgIpc) is 0.553. The fourth-order valence-corrected chi connectivity index (χ4v) is 15.9. The summed E-state index contributed by atoms with van der Waals surface area (Å²) in [5.41, 5.74) is 18.6. The quantitative estimate of drug-likeness (QED) is 0.121. The van der Waals surface area contributed by atoms with E-state index in [0.717, 1.165) is 113 Å². The Kier molecular flexibility index (Phi) is 9.82. The Morgan fingerprint density at radius 3 is 0.613 bits per heavy atom. The van der Waals surface area contributed by atoms with Crippen molar-refractivity contribution in [3.05, 3.63) is 278 Å². The Hall–Kier alpha value is -9.78. The fraction of sp³-hybridized carbons (Fsp3) is 0.108. The highest BCUT2D eigenvalue weighted by Gasteiger charge is 3.09. The van der Waals surface area contributed by atoms with E-state index >= 15 is 0 Å². The zero-order valence-electron chi connectivity index (χ0n) is 43.6. The molecule has 0 aliphatic heterocycles. The third kappa shape index (κ3) is 6.47. The number of aromatic nitrogens is 6. The SMILES string of the molecule is c1ccc(-c2cccc(-c3nc(-c4ccc(C56C7C8C5C5C6C7C85c5ccc(-c6nc(-c7cccc(-c8ccccc8)c7)nc(-c7cccc(-c8ccccc8)c7)n6)cc5)cc4)nc(-c4cccc(-c5ccccc5)c4)n3)c2)cc1. The summed E-state index contributed by atoms with van der Waals surface area (Å²) in [6.07, 6.45) is 0.